The summed E-state index contributed by atoms with van der Waals surface area (Å²) in [5, 5.41) is 12.8. The van der Waals surface area contributed by atoms with Crippen LogP contribution in [0.25, 0.3) is 10.9 Å². The highest BCUT2D eigenvalue weighted by atomic mass is 16.3. The summed E-state index contributed by atoms with van der Waals surface area (Å²) in [5.41, 5.74) is 1.54. The molecule has 4 nitrogen and oxygen atoms in total. The van der Waals surface area contributed by atoms with Gasteiger partial charge in [0, 0.05) is 30.3 Å². The van der Waals surface area contributed by atoms with E-state index in [1.165, 1.54) is 0 Å². The maximum absolute atomic E-state index is 12.0. The molecule has 0 fully saturated rings. The lowest BCUT2D eigenvalue weighted by Gasteiger charge is -2.09. The van der Waals surface area contributed by atoms with E-state index in [0.717, 1.165) is 23.7 Å². The van der Waals surface area contributed by atoms with E-state index in [0.29, 0.717) is 18.0 Å². The zero-order valence-electron chi connectivity index (χ0n) is 11.7. The molecule has 106 valence electrons. The Kier molecular flexibility index (Phi) is 5.07. The Hall–Kier alpha value is -1.94. The predicted octanol–water partition coefficient (Wildman–Crippen LogP) is 2.37. The van der Waals surface area contributed by atoms with Gasteiger partial charge in [-0.1, -0.05) is 13.0 Å². The molecule has 2 N–H and O–H groups in total. The monoisotopic (exact) mass is 272 g/mol. The van der Waals surface area contributed by atoms with Crippen molar-refractivity contribution in [3.05, 3.63) is 42.1 Å². The maximum Gasteiger partial charge on any atom is 0.251 e. The first-order chi connectivity index (χ1) is 9.70. The van der Waals surface area contributed by atoms with Gasteiger partial charge in [-0.25, -0.2) is 0 Å². The van der Waals surface area contributed by atoms with Crippen LogP contribution in [0, 0.1) is 5.92 Å². The molecular formula is C16H20N2O2. The van der Waals surface area contributed by atoms with Crippen LogP contribution in [0.2, 0.25) is 0 Å². The van der Waals surface area contributed by atoms with Gasteiger partial charge >= 0.3 is 0 Å². The van der Waals surface area contributed by atoms with Gasteiger partial charge in [0.05, 0.1) is 5.52 Å². The van der Waals surface area contributed by atoms with E-state index in [1.54, 1.807) is 12.3 Å². The van der Waals surface area contributed by atoms with E-state index < -0.39 is 0 Å². The Morgan fingerprint density at radius 1 is 1.40 bits per heavy atom. The molecule has 2 rings (SSSR count). The average molecular weight is 272 g/mol. The van der Waals surface area contributed by atoms with E-state index >= 15 is 0 Å². The number of hydrogen-bond acceptors (Lipinski definition) is 3. The van der Waals surface area contributed by atoms with E-state index in [-0.39, 0.29) is 12.5 Å². The van der Waals surface area contributed by atoms with Crippen molar-refractivity contribution in [2.45, 2.75) is 19.8 Å². The van der Waals surface area contributed by atoms with Crippen molar-refractivity contribution >= 4 is 16.8 Å². The lowest BCUT2D eigenvalue weighted by atomic mass is 10.1. The Labute approximate surface area is 118 Å². The molecule has 0 aliphatic carbocycles. The number of carbonyl (C=O) groups is 1. The fourth-order valence-electron chi connectivity index (χ4n) is 2.06. The number of aliphatic hydroxyl groups excluding tert-OH is 1. The Morgan fingerprint density at radius 3 is 3.05 bits per heavy atom. The minimum absolute atomic E-state index is 0.0626. The second-order valence-corrected chi connectivity index (χ2v) is 5.10. The van der Waals surface area contributed by atoms with Crippen molar-refractivity contribution in [1.82, 2.24) is 10.3 Å². The number of fused-ring (bicyclic) bond motifs is 1. The molecule has 0 spiro atoms. The van der Waals surface area contributed by atoms with Crippen LogP contribution in [-0.4, -0.2) is 29.1 Å². The standard InChI is InChI=1S/C16H20N2O2/c1-12(11-19)4-2-9-18-16(20)14-6-7-15-13(10-14)5-3-8-17-15/h3,5-8,10,12,19H,2,4,9,11H2,1H3,(H,18,20). The fourth-order valence-corrected chi connectivity index (χ4v) is 2.06. The molecule has 20 heavy (non-hydrogen) atoms. The molecular weight excluding hydrogens is 252 g/mol. The molecule has 0 aliphatic rings. The highest BCUT2D eigenvalue weighted by molar-refractivity contribution is 5.97. The summed E-state index contributed by atoms with van der Waals surface area (Å²) in [5.74, 6) is 0.228. The summed E-state index contributed by atoms with van der Waals surface area (Å²) < 4.78 is 0. The number of rotatable bonds is 6. The number of nitrogens with one attached hydrogen (secondary N) is 1. The van der Waals surface area contributed by atoms with Crippen LogP contribution in [0.3, 0.4) is 0 Å². The molecule has 2 aromatic rings. The van der Waals surface area contributed by atoms with Gasteiger partial charge in [0.1, 0.15) is 0 Å². The van der Waals surface area contributed by atoms with E-state index in [4.69, 9.17) is 5.11 Å². The molecule has 1 aromatic heterocycles. The zero-order valence-corrected chi connectivity index (χ0v) is 11.7. The normalized spacial score (nSPS) is 12.3. The summed E-state index contributed by atoms with van der Waals surface area (Å²) in [4.78, 5) is 16.3. The third kappa shape index (κ3) is 3.78. The van der Waals surface area contributed by atoms with Crippen LogP contribution in [0.4, 0.5) is 0 Å². The minimum Gasteiger partial charge on any atom is -0.396 e. The van der Waals surface area contributed by atoms with Gasteiger partial charge in [-0.2, -0.15) is 0 Å². The van der Waals surface area contributed by atoms with Gasteiger partial charge in [-0.3, -0.25) is 9.78 Å². The summed E-state index contributed by atoms with van der Waals surface area (Å²) in [7, 11) is 0. The van der Waals surface area contributed by atoms with Gasteiger partial charge in [0.15, 0.2) is 0 Å². The molecule has 0 bridgehead atoms. The molecule has 0 saturated carbocycles. The van der Waals surface area contributed by atoms with Crippen LogP contribution in [0.1, 0.15) is 30.1 Å². The molecule has 0 radical (unpaired) electrons. The van der Waals surface area contributed by atoms with Gasteiger partial charge in [0.2, 0.25) is 0 Å². The summed E-state index contributed by atoms with van der Waals surface area (Å²) in [6.45, 7) is 2.83. The highest BCUT2D eigenvalue weighted by Crippen LogP contribution is 2.13. The van der Waals surface area contributed by atoms with Gasteiger partial charge in [-0.05, 0) is 43.0 Å². The number of amides is 1. The number of aliphatic hydroxyl groups is 1. The number of hydrogen-bond donors (Lipinski definition) is 2. The van der Waals surface area contributed by atoms with Crippen LogP contribution in [-0.2, 0) is 0 Å². The van der Waals surface area contributed by atoms with E-state index in [2.05, 4.69) is 10.3 Å². The van der Waals surface area contributed by atoms with Crippen molar-refractivity contribution in [3.63, 3.8) is 0 Å². The number of nitrogens with zero attached hydrogens (tertiary/aromatic N) is 1. The molecule has 1 atom stereocenters. The smallest absolute Gasteiger partial charge is 0.251 e. The second-order valence-electron chi connectivity index (χ2n) is 5.10. The lowest BCUT2D eigenvalue weighted by molar-refractivity contribution is 0.0952. The van der Waals surface area contributed by atoms with Gasteiger partial charge in [-0.15, -0.1) is 0 Å². The van der Waals surface area contributed by atoms with Crippen molar-refractivity contribution in [2.75, 3.05) is 13.2 Å². The minimum atomic E-state index is -0.0626. The third-order valence-electron chi connectivity index (χ3n) is 3.34. The molecule has 0 aliphatic heterocycles. The second kappa shape index (κ2) is 7.01. The molecule has 1 aromatic carbocycles. The molecule has 0 saturated heterocycles. The summed E-state index contributed by atoms with van der Waals surface area (Å²) >= 11 is 0. The molecule has 1 heterocycles. The molecule has 4 heteroatoms. The Bertz CT molecular complexity index is 583. The average Bonchev–Trinajstić information content (AvgIpc) is 2.50. The van der Waals surface area contributed by atoms with Crippen molar-refractivity contribution in [2.24, 2.45) is 5.92 Å². The molecule has 1 amide bonds. The maximum atomic E-state index is 12.0. The molecule has 1 unspecified atom stereocenters. The van der Waals surface area contributed by atoms with E-state index in [9.17, 15) is 4.79 Å². The predicted molar refractivity (Wildman–Crippen MR) is 79.6 cm³/mol. The van der Waals surface area contributed by atoms with Crippen molar-refractivity contribution < 1.29 is 9.90 Å². The zero-order chi connectivity index (χ0) is 14.4. The topological polar surface area (TPSA) is 62.2 Å². The first kappa shape index (κ1) is 14.5. The quantitative estimate of drug-likeness (QED) is 0.794. The van der Waals surface area contributed by atoms with Crippen LogP contribution < -0.4 is 5.32 Å². The fraction of sp³-hybridized carbons (Fsp3) is 0.375. The first-order valence-electron chi connectivity index (χ1n) is 6.94. The van der Waals surface area contributed by atoms with Gasteiger partial charge in [0.25, 0.3) is 5.91 Å². The van der Waals surface area contributed by atoms with Crippen LogP contribution >= 0.6 is 0 Å². The van der Waals surface area contributed by atoms with Gasteiger partial charge < -0.3 is 10.4 Å². The summed E-state index contributed by atoms with van der Waals surface area (Å²) in [6, 6.07) is 9.31. The third-order valence-corrected chi connectivity index (χ3v) is 3.34. The van der Waals surface area contributed by atoms with Crippen molar-refractivity contribution in [3.8, 4) is 0 Å². The van der Waals surface area contributed by atoms with Crippen LogP contribution in [0.5, 0.6) is 0 Å². The highest BCUT2D eigenvalue weighted by Gasteiger charge is 2.06. The summed E-state index contributed by atoms with van der Waals surface area (Å²) in [6.07, 6.45) is 3.53. The largest absolute Gasteiger partial charge is 0.396 e. The number of carbonyl (C=O) groups excluding carboxylic acids is 1. The number of pyridine rings is 1. The first-order valence-corrected chi connectivity index (χ1v) is 6.94. The Morgan fingerprint density at radius 2 is 2.25 bits per heavy atom. The number of aromatic nitrogens is 1. The van der Waals surface area contributed by atoms with Crippen LogP contribution in [0.15, 0.2) is 36.5 Å². The van der Waals surface area contributed by atoms with E-state index in [1.807, 2.05) is 31.2 Å². The number of benzene rings is 1. The lowest BCUT2D eigenvalue weighted by Crippen LogP contribution is -2.24. The van der Waals surface area contributed by atoms with Crippen molar-refractivity contribution in [1.29, 1.82) is 0 Å². The SMILES string of the molecule is CC(CO)CCCNC(=O)c1ccc2ncccc2c1. The Balaban J connectivity index is 1.91.